The first-order valence-corrected chi connectivity index (χ1v) is 8.52. The van der Waals surface area contributed by atoms with Gasteiger partial charge in [-0.3, -0.25) is 10.2 Å². The first-order chi connectivity index (χ1) is 13.8. The fourth-order valence-corrected chi connectivity index (χ4v) is 2.11. The van der Waals surface area contributed by atoms with Crippen molar-refractivity contribution < 1.29 is 18.7 Å². The molecule has 0 aliphatic heterocycles. The Labute approximate surface area is 166 Å². The summed E-state index contributed by atoms with van der Waals surface area (Å²) in [6.07, 6.45) is 3.33. The second kappa shape index (κ2) is 9.53. The molecule has 29 heavy (non-hydrogen) atoms. The van der Waals surface area contributed by atoms with E-state index >= 15 is 0 Å². The molecular formula is C19H22N6O4. The minimum atomic E-state index is -0.948. The summed E-state index contributed by atoms with van der Waals surface area (Å²) in [7, 11) is 0. The smallest absolute Gasteiger partial charge is 0.279 e. The zero-order valence-electron chi connectivity index (χ0n) is 16.0. The molecule has 10 heteroatoms. The molecule has 1 amide bonds. The second-order valence-corrected chi connectivity index (χ2v) is 6.30. The predicted molar refractivity (Wildman–Crippen MR) is 106 cm³/mol. The summed E-state index contributed by atoms with van der Waals surface area (Å²) in [5.74, 6) is -0.0916. The van der Waals surface area contributed by atoms with Crippen LogP contribution in [0.5, 0.6) is 0 Å². The van der Waals surface area contributed by atoms with Crippen molar-refractivity contribution in [2.24, 2.45) is 5.73 Å². The van der Waals surface area contributed by atoms with Gasteiger partial charge in [-0.25, -0.2) is 9.97 Å². The standard InChI is InChI=1S/C12H10N4O2.C7H12N2O2/c13-6-9(14)16-12(17)10-11(18-7-15-10)8-4-2-1-3-5-8;1-7(2,10)5-4-11-6(3-8)9-5/h1-7,13H,(H2,14,16,17);4,10H,3,8H2,1-2H3. The van der Waals surface area contributed by atoms with Crippen LogP contribution in [0.2, 0.25) is 0 Å². The molecule has 0 radical (unpaired) electrons. The largest absolute Gasteiger partial charge is 0.447 e. The molecule has 152 valence electrons. The number of nitrogens with one attached hydrogen (secondary N) is 3. The van der Waals surface area contributed by atoms with Gasteiger partial charge in [-0.1, -0.05) is 30.3 Å². The molecular weight excluding hydrogens is 376 g/mol. The molecule has 0 fully saturated rings. The summed E-state index contributed by atoms with van der Waals surface area (Å²) >= 11 is 0. The number of carbonyl (C=O) groups excluding carboxylic acids is 1. The van der Waals surface area contributed by atoms with Gasteiger partial charge in [-0.2, -0.15) is 0 Å². The number of amides is 1. The fourth-order valence-electron chi connectivity index (χ4n) is 2.11. The first-order valence-electron chi connectivity index (χ1n) is 8.52. The van der Waals surface area contributed by atoms with Crippen molar-refractivity contribution in [3.63, 3.8) is 0 Å². The molecule has 0 aliphatic rings. The zero-order valence-corrected chi connectivity index (χ0v) is 16.0. The van der Waals surface area contributed by atoms with E-state index in [0.29, 0.717) is 17.3 Å². The SMILES string of the molecule is CC(C)(O)c1coc(CN)n1.N=CC(=N)NC(=O)c1ncoc1-c1ccccc1. The van der Waals surface area contributed by atoms with Gasteiger partial charge in [0.25, 0.3) is 5.91 Å². The van der Waals surface area contributed by atoms with Crippen LogP contribution in [0.15, 0.2) is 51.8 Å². The van der Waals surface area contributed by atoms with Crippen LogP contribution in [-0.2, 0) is 12.1 Å². The Morgan fingerprint density at radius 3 is 2.52 bits per heavy atom. The Morgan fingerprint density at radius 1 is 1.31 bits per heavy atom. The number of benzene rings is 1. The van der Waals surface area contributed by atoms with Crippen molar-refractivity contribution in [2.75, 3.05) is 0 Å². The number of rotatable bonds is 5. The molecule has 10 nitrogen and oxygen atoms in total. The van der Waals surface area contributed by atoms with E-state index in [9.17, 15) is 9.90 Å². The number of nitrogens with zero attached hydrogens (tertiary/aromatic N) is 2. The maximum Gasteiger partial charge on any atom is 0.279 e. The van der Waals surface area contributed by atoms with Crippen LogP contribution in [-0.4, -0.2) is 33.0 Å². The Morgan fingerprint density at radius 2 is 2.00 bits per heavy atom. The molecule has 0 aliphatic carbocycles. The van der Waals surface area contributed by atoms with Crippen LogP contribution in [0.1, 0.15) is 35.9 Å². The van der Waals surface area contributed by atoms with Crippen LogP contribution in [0.3, 0.4) is 0 Å². The van der Waals surface area contributed by atoms with Gasteiger partial charge in [0.2, 0.25) is 5.89 Å². The highest BCUT2D eigenvalue weighted by atomic mass is 16.3. The van der Waals surface area contributed by atoms with Gasteiger partial charge in [-0.15, -0.1) is 0 Å². The molecule has 0 bridgehead atoms. The summed E-state index contributed by atoms with van der Waals surface area (Å²) in [6.45, 7) is 3.55. The maximum absolute atomic E-state index is 11.8. The highest BCUT2D eigenvalue weighted by molar-refractivity contribution is 6.31. The summed E-state index contributed by atoms with van der Waals surface area (Å²) in [6, 6.07) is 9.07. The average Bonchev–Trinajstić information content (AvgIpc) is 3.38. The van der Waals surface area contributed by atoms with Gasteiger partial charge in [0.05, 0.1) is 12.8 Å². The van der Waals surface area contributed by atoms with Gasteiger partial charge in [0.15, 0.2) is 17.8 Å². The molecule has 0 saturated heterocycles. The number of aliphatic hydroxyl groups is 1. The molecule has 3 rings (SSSR count). The number of hydrogen-bond acceptors (Lipinski definition) is 9. The highest BCUT2D eigenvalue weighted by Gasteiger charge is 2.20. The molecule has 6 N–H and O–H groups in total. The highest BCUT2D eigenvalue weighted by Crippen LogP contribution is 2.22. The number of amidine groups is 1. The topological polar surface area (TPSA) is 175 Å². The van der Waals surface area contributed by atoms with Gasteiger partial charge in [0, 0.05) is 5.56 Å². The Bertz CT molecular complexity index is 972. The van der Waals surface area contributed by atoms with E-state index in [1.54, 1.807) is 26.0 Å². The Balaban J connectivity index is 0.000000234. The summed E-state index contributed by atoms with van der Waals surface area (Å²) in [5.41, 5.74) is 5.65. The molecule has 0 unspecified atom stereocenters. The van der Waals surface area contributed by atoms with E-state index in [1.165, 1.54) is 12.7 Å². The van der Waals surface area contributed by atoms with E-state index in [-0.39, 0.29) is 18.1 Å². The first kappa shape index (κ1) is 21.7. The van der Waals surface area contributed by atoms with Crippen LogP contribution in [0, 0.1) is 10.8 Å². The van der Waals surface area contributed by atoms with Gasteiger partial charge < -0.3 is 30.4 Å². The number of hydrogen-bond donors (Lipinski definition) is 5. The van der Waals surface area contributed by atoms with Crippen LogP contribution in [0.25, 0.3) is 11.3 Å². The minimum Gasteiger partial charge on any atom is -0.447 e. The van der Waals surface area contributed by atoms with E-state index in [2.05, 4.69) is 15.3 Å². The van der Waals surface area contributed by atoms with Crippen molar-refractivity contribution in [1.82, 2.24) is 15.3 Å². The molecule has 0 spiro atoms. The van der Waals surface area contributed by atoms with E-state index < -0.39 is 11.5 Å². The number of nitrogens with two attached hydrogens (primary N) is 1. The Hall–Kier alpha value is -3.63. The minimum absolute atomic E-state index is 0.0906. The molecule has 2 heterocycles. The van der Waals surface area contributed by atoms with E-state index in [1.807, 2.05) is 18.2 Å². The molecule has 3 aromatic rings. The van der Waals surface area contributed by atoms with E-state index in [4.69, 9.17) is 25.4 Å². The van der Waals surface area contributed by atoms with Crippen LogP contribution >= 0.6 is 0 Å². The molecule has 0 saturated carbocycles. The lowest BCUT2D eigenvalue weighted by Gasteiger charge is -2.11. The zero-order chi connectivity index (χ0) is 21.4. The van der Waals surface area contributed by atoms with Gasteiger partial charge >= 0.3 is 0 Å². The normalized spacial score (nSPS) is 10.6. The third-order valence-electron chi connectivity index (χ3n) is 3.56. The third-order valence-corrected chi connectivity index (χ3v) is 3.56. The van der Waals surface area contributed by atoms with Crippen molar-refractivity contribution in [1.29, 1.82) is 10.8 Å². The average molecular weight is 398 g/mol. The lowest BCUT2D eigenvalue weighted by atomic mass is 10.1. The number of aromatic nitrogens is 2. The lowest BCUT2D eigenvalue weighted by molar-refractivity contribution is 0.0737. The Kier molecular flexibility index (Phi) is 7.12. The summed E-state index contributed by atoms with van der Waals surface area (Å²) < 4.78 is 10.1. The molecule has 0 atom stereocenters. The van der Waals surface area contributed by atoms with Crippen molar-refractivity contribution in [3.05, 3.63) is 60.3 Å². The van der Waals surface area contributed by atoms with Crippen LogP contribution < -0.4 is 11.1 Å². The monoisotopic (exact) mass is 398 g/mol. The number of carbonyl (C=O) groups is 1. The lowest BCUT2D eigenvalue weighted by Crippen LogP contribution is -2.31. The molecule has 2 aromatic heterocycles. The maximum atomic E-state index is 11.8. The molecule has 1 aromatic carbocycles. The van der Waals surface area contributed by atoms with Crippen molar-refractivity contribution >= 4 is 18.0 Å². The number of oxazole rings is 2. The summed E-state index contributed by atoms with van der Waals surface area (Å²) in [4.78, 5) is 19.6. The van der Waals surface area contributed by atoms with Crippen LogP contribution in [0.4, 0.5) is 0 Å². The quantitative estimate of drug-likeness (QED) is 0.323. The van der Waals surface area contributed by atoms with Crippen molar-refractivity contribution in [2.45, 2.75) is 26.0 Å². The van der Waals surface area contributed by atoms with Gasteiger partial charge in [0.1, 0.15) is 23.4 Å². The van der Waals surface area contributed by atoms with Gasteiger partial charge in [-0.05, 0) is 13.8 Å². The third kappa shape index (κ3) is 5.92. The van der Waals surface area contributed by atoms with E-state index in [0.717, 1.165) is 11.8 Å². The second-order valence-electron chi connectivity index (χ2n) is 6.30. The van der Waals surface area contributed by atoms with Crippen molar-refractivity contribution in [3.8, 4) is 11.3 Å². The fraction of sp³-hybridized carbons (Fsp3) is 0.211. The summed E-state index contributed by atoms with van der Waals surface area (Å²) in [5, 5.41) is 25.7. The predicted octanol–water partition coefficient (Wildman–Crippen LogP) is 2.06.